The SMILES string of the molecule is Cc1nc(OCCNS(=O)(=O)c2cccc3cccnc23)cc(N2CCOCC2)n1. The lowest BCUT2D eigenvalue weighted by Crippen LogP contribution is -2.37. The number of hydrogen-bond donors (Lipinski definition) is 1. The Balaban J connectivity index is 1.39. The van der Waals surface area contributed by atoms with E-state index in [2.05, 4.69) is 24.6 Å². The van der Waals surface area contributed by atoms with Gasteiger partial charge in [-0.1, -0.05) is 18.2 Å². The van der Waals surface area contributed by atoms with Crippen LogP contribution in [0.2, 0.25) is 0 Å². The van der Waals surface area contributed by atoms with Gasteiger partial charge in [-0.2, -0.15) is 4.98 Å². The van der Waals surface area contributed by atoms with Crippen molar-refractivity contribution in [3.05, 3.63) is 48.4 Å². The number of aryl methyl sites for hydroxylation is 1. The number of pyridine rings is 1. The summed E-state index contributed by atoms with van der Waals surface area (Å²) in [4.78, 5) is 15.2. The van der Waals surface area contributed by atoms with Gasteiger partial charge in [0.25, 0.3) is 0 Å². The first-order valence-corrected chi connectivity index (χ1v) is 11.2. The van der Waals surface area contributed by atoms with Crippen molar-refractivity contribution in [2.24, 2.45) is 0 Å². The minimum atomic E-state index is -3.72. The Morgan fingerprint density at radius 3 is 2.80 bits per heavy atom. The Labute approximate surface area is 175 Å². The van der Waals surface area contributed by atoms with E-state index in [9.17, 15) is 8.42 Å². The summed E-state index contributed by atoms with van der Waals surface area (Å²) in [6, 6.07) is 10.4. The van der Waals surface area contributed by atoms with E-state index < -0.39 is 10.0 Å². The normalized spacial score (nSPS) is 14.8. The van der Waals surface area contributed by atoms with E-state index in [-0.39, 0.29) is 18.0 Å². The van der Waals surface area contributed by atoms with Crippen LogP contribution in [0.3, 0.4) is 0 Å². The lowest BCUT2D eigenvalue weighted by molar-refractivity contribution is 0.122. The Morgan fingerprint density at radius 2 is 1.97 bits per heavy atom. The highest BCUT2D eigenvalue weighted by molar-refractivity contribution is 7.89. The van der Waals surface area contributed by atoms with E-state index in [1.807, 2.05) is 12.1 Å². The molecule has 10 heteroatoms. The summed E-state index contributed by atoms with van der Waals surface area (Å²) in [5.74, 6) is 1.79. The van der Waals surface area contributed by atoms with Crippen LogP contribution in [0.25, 0.3) is 10.9 Å². The van der Waals surface area contributed by atoms with Crippen molar-refractivity contribution in [3.8, 4) is 5.88 Å². The molecule has 1 N–H and O–H groups in total. The van der Waals surface area contributed by atoms with Crippen molar-refractivity contribution < 1.29 is 17.9 Å². The Morgan fingerprint density at radius 1 is 1.17 bits per heavy atom. The molecular formula is C20H23N5O4S. The molecule has 30 heavy (non-hydrogen) atoms. The van der Waals surface area contributed by atoms with E-state index in [4.69, 9.17) is 9.47 Å². The zero-order valence-electron chi connectivity index (χ0n) is 16.6. The summed E-state index contributed by atoms with van der Waals surface area (Å²) in [7, 11) is -3.72. The van der Waals surface area contributed by atoms with Crippen molar-refractivity contribution in [2.75, 3.05) is 44.4 Å². The maximum atomic E-state index is 12.7. The molecule has 158 valence electrons. The Kier molecular flexibility index (Phi) is 6.07. The Hall–Kier alpha value is -2.82. The maximum absolute atomic E-state index is 12.7. The molecule has 3 aromatic rings. The number of sulfonamides is 1. The molecule has 0 spiro atoms. The number of nitrogens with one attached hydrogen (secondary N) is 1. The van der Waals surface area contributed by atoms with E-state index >= 15 is 0 Å². The molecule has 0 aliphatic carbocycles. The molecular weight excluding hydrogens is 406 g/mol. The fraction of sp³-hybridized carbons (Fsp3) is 0.350. The van der Waals surface area contributed by atoms with Crippen molar-refractivity contribution in [1.82, 2.24) is 19.7 Å². The molecule has 0 atom stereocenters. The molecule has 0 bridgehead atoms. The number of ether oxygens (including phenoxy) is 2. The van der Waals surface area contributed by atoms with Gasteiger partial charge in [0.05, 0.1) is 18.7 Å². The second-order valence-electron chi connectivity index (χ2n) is 6.79. The highest BCUT2D eigenvalue weighted by atomic mass is 32.2. The van der Waals surface area contributed by atoms with Crippen molar-refractivity contribution in [1.29, 1.82) is 0 Å². The number of para-hydroxylation sites is 1. The lowest BCUT2D eigenvalue weighted by Gasteiger charge is -2.28. The van der Waals surface area contributed by atoms with Gasteiger partial charge in [0.2, 0.25) is 15.9 Å². The third-order valence-electron chi connectivity index (χ3n) is 4.67. The molecule has 4 rings (SSSR count). The monoisotopic (exact) mass is 429 g/mol. The first-order valence-electron chi connectivity index (χ1n) is 9.67. The average molecular weight is 430 g/mol. The number of hydrogen-bond acceptors (Lipinski definition) is 8. The summed E-state index contributed by atoms with van der Waals surface area (Å²) in [5, 5.41) is 0.767. The molecule has 0 radical (unpaired) electrons. The highest BCUT2D eigenvalue weighted by Crippen LogP contribution is 2.21. The predicted octanol–water partition coefficient (Wildman–Crippen LogP) is 1.53. The topological polar surface area (TPSA) is 107 Å². The van der Waals surface area contributed by atoms with Gasteiger partial charge in [-0.05, 0) is 19.1 Å². The number of morpholine rings is 1. The second kappa shape index (κ2) is 8.90. The maximum Gasteiger partial charge on any atom is 0.242 e. The molecule has 1 saturated heterocycles. The van der Waals surface area contributed by atoms with Gasteiger partial charge in [-0.15, -0.1) is 0 Å². The lowest BCUT2D eigenvalue weighted by atomic mass is 10.2. The van der Waals surface area contributed by atoms with Crippen LogP contribution in [0.15, 0.2) is 47.5 Å². The van der Waals surface area contributed by atoms with Crippen molar-refractivity contribution in [3.63, 3.8) is 0 Å². The number of aromatic nitrogens is 3. The molecule has 9 nitrogen and oxygen atoms in total. The summed E-state index contributed by atoms with van der Waals surface area (Å²) >= 11 is 0. The minimum absolute atomic E-state index is 0.0987. The van der Waals surface area contributed by atoms with Crippen LogP contribution in [0.5, 0.6) is 5.88 Å². The second-order valence-corrected chi connectivity index (χ2v) is 8.52. The molecule has 1 fully saturated rings. The molecule has 1 aliphatic heterocycles. The smallest absolute Gasteiger partial charge is 0.242 e. The number of benzene rings is 1. The van der Waals surface area contributed by atoms with E-state index in [1.165, 1.54) is 0 Å². The molecule has 1 aromatic carbocycles. The molecule has 3 heterocycles. The number of fused-ring (bicyclic) bond motifs is 1. The number of nitrogens with zero attached hydrogens (tertiary/aromatic N) is 4. The summed E-state index contributed by atoms with van der Waals surface area (Å²) in [6.45, 7) is 4.86. The van der Waals surface area contributed by atoms with Gasteiger partial charge in [0.1, 0.15) is 23.1 Å². The van der Waals surface area contributed by atoms with Crippen LogP contribution in [-0.2, 0) is 14.8 Å². The first-order chi connectivity index (χ1) is 14.5. The molecule has 0 amide bonds. The molecule has 1 aliphatic rings. The largest absolute Gasteiger partial charge is 0.476 e. The third kappa shape index (κ3) is 4.66. The van der Waals surface area contributed by atoms with Crippen LogP contribution < -0.4 is 14.4 Å². The van der Waals surface area contributed by atoms with Crippen LogP contribution in [0, 0.1) is 6.92 Å². The summed E-state index contributed by atoms with van der Waals surface area (Å²) in [6.07, 6.45) is 1.58. The fourth-order valence-electron chi connectivity index (χ4n) is 3.26. The van der Waals surface area contributed by atoms with Gasteiger partial charge < -0.3 is 14.4 Å². The van der Waals surface area contributed by atoms with Crippen molar-refractivity contribution in [2.45, 2.75) is 11.8 Å². The highest BCUT2D eigenvalue weighted by Gasteiger charge is 2.18. The molecule has 0 unspecified atom stereocenters. The minimum Gasteiger partial charge on any atom is -0.476 e. The summed E-state index contributed by atoms with van der Waals surface area (Å²) in [5.41, 5.74) is 0.440. The quantitative estimate of drug-likeness (QED) is 0.564. The third-order valence-corrected chi connectivity index (χ3v) is 6.16. The van der Waals surface area contributed by atoms with Crippen molar-refractivity contribution >= 4 is 26.7 Å². The summed E-state index contributed by atoms with van der Waals surface area (Å²) < 4.78 is 39.1. The van der Waals surface area contributed by atoms with Crippen LogP contribution in [0.4, 0.5) is 5.82 Å². The van der Waals surface area contributed by atoms with Gasteiger partial charge in [0.15, 0.2) is 0 Å². The number of anilines is 1. The zero-order valence-corrected chi connectivity index (χ0v) is 17.4. The first kappa shape index (κ1) is 20.5. The van der Waals surface area contributed by atoms with Gasteiger partial charge in [-0.25, -0.2) is 18.1 Å². The fourth-order valence-corrected chi connectivity index (χ4v) is 4.45. The van der Waals surface area contributed by atoms with Crippen LogP contribution >= 0.6 is 0 Å². The van der Waals surface area contributed by atoms with Crippen LogP contribution in [-0.4, -0.2) is 62.8 Å². The predicted molar refractivity (Wildman–Crippen MR) is 112 cm³/mol. The van der Waals surface area contributed by atoms with Gasteiger partial charge >= 0.3 is 0 Å². The molecule has 0 saturated carbocycles. The number of rotatable bonds is 7. The zero-order chi connectivity index (χ0) is 21.0. The standard InChI is InChI=1S/C20H23N5O4S/c1-15-23-18(25-9-12-28-13-10-25)14-19(24-15)29-11-8-22-30(26,27)17-6-2-4-16-5-3-7-21-20(16)17/h2-7,14,22H,8-13H2,1H3. The Bertz CT molecular complexity index is 1130. The van der Waals surface area contributed by atoms with E-state index in [0.717, 1.165) is 24.3 Å². The van der Waals surface area contributed by atoms with E-state index in [1.54, 1.807) is 37.4 Å². The van der Waals surface area contributed by atoms with E-state index in [0.29, 0.717) is 30.4 Å². The van der Waals surface area contributed by atoms with Crippen LogP contribution in [0.1, 0.15) is 5.82 Å². The average Bonchev–Trinajstić information content (AvgIpc) is 2.76. The van der Waals surface area contributed by atoms with Gasteiger partial charge in [0, 0.05) is 37.3 Å². The van der Waals surface area contributed by atoms with Gasteiger partial charge in [-0.3, -0.25) is 4.98 Å². The molecule has 2 aromatic heterocycles.